The van der Waals surface area contributed by atoms with Crippen LogP contribution in [-0.4, -0.2) is 20.3 Å². The summed E-state index contributed by atoms with van der Waals surface area (Å²) >= 11 is 0. The molecule has 0 saturated carbocycles. The first-order valence-electron chi connectivity index (χ1n) is 6.75. The third-order valence-corrected chi connectivity index (χ3v) is 3.28. The first-order valence-corrected chi connectivity index (χ1v) is 6.75. The molecule has 0 unspecified atom stereocenters. The molecule has 0 atom stereocenters. The molecule has 0 aliphatic carbocycles. The van der Waals surface area contributed by atoms with Crippen LogP contribution in [0.4, 0.5) is 11.5 Å². The Morgan fingerprint density at radius 3 is 2.82 bits per heavy atom. The molecule has 0 amide bonds. The first-order chi connectivity index (χ1) is 10.6. The van der Waals surface area contributed by atoms with Crippen LogP contribution < -0.4 is 0 Å². The van der Waals surface area contributed by atoms with Crippen molar-refractivity contribution in [1.82, 2.24) is 9.38 Å². The summed E-state index contributed by atoms with van der Waals surface area (Å²) in [5.74, 6) is 0.609. The minimum absolute atomic E-state index is 0.0204. The van der Waals surface area contributed by atoms with Crippen molar-refractivity contribution >= 4 is 22.9 Å². The van der Waals surface area contributed by atoms with Crippen molar-refractivity contribution in [3.05, 3.63) is 53.9 Å². The Morgan fingerprint density at radius 2 is 2.05 bits per heavy atom. The van der Waals surface area contributed by atoms with E-state index in [4.69, 9.17) is 0 Å². The predicted molar refractivity (Wildman–Crippen MR) is 82.2 cm³/mol. The lowest BCUT2D eigenvalue weighted by Gasteiger charge is -1.98. The van der Waals surface area contributed by atoms with Gasteiger partial charge >= 0.3 is 0 Å². The van der Waals surface area contributed by atoms with Gasteiger partial charge in [0.2, 0.25) is 0 Å². The summed E-state index contributed by atoms with van der Waals surface area (Å²) in [5, 5.41) is 18.2. The van der Waals surface area contributed by atoms with Crippen molar-refractivity contribution in [3.8, 4) is 5.75 Å². The summed E-state index contributed by atoms with van der Waals surface area (Å²) in [4.78, 5) is 15.7. The van der Waals surface area contributed by atoms with E-state index in [0.29, 0.717) is 28.4 Å². The molecule has 1 N–H and O–H groups in total. The minimum atomic E-state index is -0.0204. The van der Waals surface area contributed by atoms with Crippen molar-refractivity contribution in [2.45, 2.75) is 13.8 Å². The fraction of sp³-hybridized carbons (Fsp3) is 0.125. The smallest absolute Gasteiger partial charge is 0.182 e. The van der Waals surface area contributed by atoms with Gasteiger partial charge in [-0.3, -0.25) is 9.20 Å². The monoisotopic (exact) mass is 294 g/mol. The van der Waals surface area contributed by atoms with Crippen molar-refractivity contribution in [2.75, 3.05) is 0 Å². The molecule has 110 valence electrons. The number of Topliss-reactive ketones (excluding diaryl/α,β-unsaturated/α-hetero) is 1. The zero-order chi connectivity index (χ0) is 15.7. The number of imidazole rings is 1. The highest BCUT2D eigenvalue weighted by atomic mass is 16.3. The number of pyridine rings is 1. The molecule has 0 radical (unpaired) electrons. The van der Waals surface area contributed by atoms with E-state index in [-0.39, 0.29) is 11.5 Å². The molecule has 3 rings (SSSR count). The summed E-state index contributed by atoms with van der Waals surface area (Å²) < 4.78 is 1.67. The van der Waals surface area contributed by atoms with Gasteiger partial charge in [0.25, 0.3) is 0 Å². The fourth-order valence-corrected chi connectivity index (χ4v) is 2.17. The molecule has 6 nitrogen and oxygen atoms in total. The number of benzene rings is 1. The van der Waals surface area contributed by atoms with Crippen LogP contribution in [0.3, 0.4) is 0 Å². The highest BCUT2D eigenvalue weighted by molar-refractivity contribution is 5.94. The summed E-state index contributed by atoms with van der Waals surface area (Å²) in [6, 6.07) is 10.2. The average molecular weight is 294 g/mol. The number of aromatic nitrogens is 2. The van der Waals surface area contributed by atoms with Crippen LogP contribution in [0.15, 0.2) is 52.8 Å². The zero-order valence-corrected chi connectivity index (χ0v) is 12.2. The first kappa shape index (κ1) is 13.9. The lowest BCUT2D eigenvalue weighted by molar-refractivity contribution is 0.101. The normalized spacial score (nSPS) is 11.4. The number of ketones is 1. The van der Waals surface area contributed by atoms with Gasteiger partial charge in [0.1, 0.15) is 0 Å². The highest BCUT2D eigenvalue weighted by Crippen LogP contribution is 2.27. The summed E-state index contributed by atoms with van der Waals surface area (Å²) in [6.45, 7) is 3.31. The molecule has 0 spiro atoms. The van der Waals surface area contributed by atoms with Gasteiger partial charge < -0.3 is 5.11 Å². The van der Waals surface area contributed by atoms with E-state index in [1.54, 1.807) is 53.9 Å². The molecule has 6 heteroatoms. The van der Waals surface area contributed by atoms with Crippen LogP contribution in [0.2, 0.25) is 0 Å². The molecule has 2 heterocycles. The molecule has 2 aromatic heterocycles. The average Bonchev–Trinajstić information content (AvgIpc) is 2.83. The number of fused-ring (bicyclic) bond motifs is 1. The zero-order valence-electron chi connectivity index (χ0n) is 12.2. The quantitative estimate of drug-likeness (QED) is 0.586. The van der Waals surface area contributed by atoms with Gasteiger partial charge in [-0.1, -0.05) is 12.1 Å². The Hall–Kier alpha value is -3.02. The number of carbonyl (C=O) groups is 1. The summed E-state index contributed by atoms with van der Waals surface area (Å²) in [5.41, 5.74) is 2.27. The van der Waals surface area contributed by atoms with Crippen LogP contribution in [-0.2, 0) is 0 Å². The van der Waals surface area contributed by atoms with E-state index in [9.17, 15) is 9.90 Å². The largest absolute Gasteiger partial charge is 0.504 e. The highest BCUT2D eigenvalue weighted by Gasteiger charge is 2.10. The molecule has 1 aromatic carbocycles. The van der Waals surface area contributed by atoms with E-state index >= 15 is 0 Å². The summed E-state index contributed by atoms with van der Waals surface area (Å²) in [7, 11) is 0. The van der Waals surface area contributed by atoms with Gasteiger partial charge in [0, 0.05) is 11.8 Å². The van der Waals surface area contributed by atoms with Gasteiger partial charge in [0.15, 0.2) is 23.0 Å². The molecule has 3 aromatic rings. The SMILES string of the molecule is CC(=O)c1cccc(N=Nc2c(C)nc3c(O)cccn23)c1. The van der Waals surface area contributed by atoms with E-state index < -0.39 is 0 Å². The van der Waals surface area contributed by atoms with Crippen molar-refractivity contribution < 1.29 is 9.90 Å². The van der Waals surface area contributed by atoms with Crippen LogP contribution >= 0.6 is 0 Å². The molecular weight excluding hydrogens is 280 g/mol. The maximum Gasteiger partial charge on any atom is 0.182 e. The van der Waals surface area contributed by atoms with Crippen molar-refractivity contribution in [3.63, 3.8) is 0 Å². The Balaban J connectivity index is 2.03. The maximum absolute atomic E-state index is 11.4. The predicted octanol–water partition coefficient (Wildman–Crippen LogP) is 3.97. The third-order valence-electron chi connectivity index (χ3n) is 3.28. The van der Waals surface area contributed by atoms with Crippen molar-refractivity contribution in [1.29, 1.82) is 0 Å². The molecule has 0 aliphatic heterocycles. The number of rotatable bonds is 3. The second kappa shape index (κ2) is 5.40. The Kier molecular flexibility index (Phi) is 3.42. The van der Waals surface area contributed by atoms with Gasteiger partial charge in [-0.2, -0.15) is 0 Å². The van der Waals surface area contributed by atoms with Gasteiger partial charge in [-0.15, -0.1) is 10.2 Å². The molecule has 0 aliphatic rings. The minimum Gasteiger partial charge on any atom is -0.504 e. The number of aromatic hydroxyl groups is 1. The Labute approximate surface area is 126 Å². The molecule has 0 saturated heterocycles. The topological polar surface area (TPSA) is 79.3 Å². The second-order valence-corrected chi connectivity index (χ2v) is 4.91. The van der Waals surface area contributed by atoms with Crippen molar-refractivity contribution in [2.24, 2.45) is 10.2 Å². The Bertz CT molecular complexity index is 896. The second-order valence-electron chi connectivity index (χ2n) is 4.91. The maximum atomic E-state index is 11.4. The number of nitrogens with zero attached hydrogens (tertiary/aromatic N) is 4. The lowest BCUT2D eigenvalue weighted by Crippen LogP contribution is -1.89. The Morgan fingerprint density at radius 1 is 1.23 bits per heavy atom. The molecule has 0 fully saturated rings. The van der Waals surface area contributed by atoms with E-state index in [0.717, 1.165) is 0 Å². The van der Waals surface area contributed by atoms with E-state index in [1.165, 1.54) is 6.92 Å². The van der Waals surface area contributed by atoms with Gasteiger partial charge in [-0.25, -0.2) is 4.98 Å². The molecule has 22 heavy (non-hydrogen) atoms. The number of hydrogen-bond acceptors (Lipinski definition) is 5. The number of carbonyl (C=O) groups excluding carboxylic acids is 1. The number of azo groups is 1. The van der Waals surface area contributed by atoms with Crippen LogP contribution in [0.5, 0.6) is 5.75 Å². The number of aryl methyl sites for hydroxylation is 1. The van der Waals surface area contributed by atoms with E-state index in [1.807, 2.05) is 0 Å². The fourth-order valence-electron chi connectivity index (χ4n) is 2.17. The van der Waals surface area contributed by atoms with Gasteiger partial charge in [-0.05, 0) is 38.1 Å². The van der Waals surface area contributed by atoms with Crippen LogP contribution in [0, 0.1) is 6.92 Å². The van der Waals surface area contributed by atoms with Gasteiger partial charge in [0.05, 0.1) is 11.4 Å². The van der Waals surface area contributed by atoms with E-state index in [2.05, 4.69) is 15.2 Å². The molecule has 0 bridgehead atoms. The number of hydrogen-bond donors (Lipinski definition) is 1. The standard InChI is InChI=1S/C16H14N4O2/c1-10-15(20-8-4-7-14(22)16(20)17-10)19-18-13-6-3-5-12(9-13)11(2)21/h3-9,22H,1-2H3. The third kappa shape index (κ3) is 2.46. The molecular formula is C16H14N4O2. The van der Waals surface area contributed by atoms with Crippen LogP contribution in [0.1, 0.15) is 23.0 Å². The van der Waals surface area contributed by atoms with Crippen LogP contribution in [0.25, 0.3) is 5.65 Å². The lowest BCUT2D eigenvalue weighted by atomic mass is 10.1. The summed E-state index contributed by atoms with van der Waals surface area (Å²) in [6.07, 6.45) is 1.76.